The van der Waals surface area contributed by atoms with Gasteiger partial charge in [-0.3, -0.25) is 14.5 Å². The summed E-state index contributed by atoms with van der Waals surface area (Å²) in [6.45, 7) is 2.35. The van der Waals surface area contributed by atoms with Gasteiger partial charge in [-0.1, -0.05) is 11.6 Å². The Labute approximate surface area is 146 Å². The second-order valence-corrected chi connectivity index (χ2v) is 5.83. The van der Waals surface area contributed by atoms with Gasteiger partial charge in [-0.15, -0.1) is 0 Å². The minimum atomic E-state index is -0.273. The third-order valence-electron chi connectivity index (χ3n) is 3.86. The molecular weight excluding hydrogens is 344 g/mol. The van der Waals surface area contributed by atoms with E-state index in [0.717, 1.165) is 0 Å². The van der Waals surface area contributed by atoms with Crippen molar-refractivity contribution < 1.29 is 4.79 Å². The number of halogens is 1. The van der Waals surface area contributed by atoms with Crippen LogP contribution >= 0.6 is 11.6 Å². The largest absolute Gasteiger partial charge is 0.338 e. The Balaban J connectivity index is 1.94. The third kappa shape index (κ3) is 2.38. The Kier molecular flexibility index (Phi) is 3.54. The normalized spacial score (nSPS) is 11.3. The molecule has 0 bridgehead atoms. The Bertz CT molecular complexity index is 1160. The minimum absolute atomic E-state index is 0.273. The molecule has 4 aromatic heterocycles. The second kappa shape index (κ2) is 5.75. The average molecular weight is 357 g/mol. The number of pyridine rings is 2. The molecule has 4 rings (SSSR count). The van der Waals surface area contributed by atoms with Crippen LogP contribution in [0.5, 0.6) is 0 Å². The van der Waals surface area contributed by atoms with Crippen molar-refractivity contribution in [3.8, 4) is 5.82 Å². The summed E-state index contributed by atoms with van der Waals surface area (Å²) < 4.78 is 2.74. The molecule has 0 spiro atoms. The summed E-state index contributed by atoms with van der Waals surface area (Å²) >= 11 is 5.84. The number of carbonyl (C=O) groups excluding carboxylic acids is 1. The molecule has 0 unspecified atom stereocenters. The lowest BCUT2D eigenvalue weighted by molar-refractivity contribution is 0.243. The first kappa shape index (κ1) is 15.4. The maximum Gasteiger partial charge on any atom is 0.327 e. The fourth-order valence-corrected chi connectivity index (χ4v) is 2.83. The Morgan fingerprint density at radius 3 is 2.80 bits per heavy atom. The van der Waals surface area contributed by atoms with Gasteiger partial charge in [-0.2, -0.15) is 0 Å². The molecule has 0 aromatic carbocycles. The number of H-pyrrole nitrogens is 1. The summed E-state index contributed by atoms with van der Waals surface area (Å²) in [5.41, 5.74) is 0.788. The fourth-order valence-electron chi connectivity index (χ4n) is 2.71. The topological polar surface area (TPSA) is 97.6 Å². The summed E-state index contributed by atoms with van der Waals surface area (Å²) in [7, 11) is 0. The first-order chi connectivity index (χ1) is 12.1. The van der Waals surface area contributed by atoms with E-state index in [0.29, 0.717) is 39.3 Å². The van der Waals surface area contributed by atoms with Crippen LogP contribution in [0.4, 0.5) is 4.79 Å². The zero-order valence-corrected chi connectivity index (χ0v) is 13.9. The molecule has 0 radical (unpaired) electrons. The molecule has 4 heterocycles. The van der Waals surface area contributed by atoms with Gasteiger partial charge in [0.1, 0.15) is 5.65 Å². The van der Waals surface area contributed by atoms with Crippen molar-refractivity contribution in [1.82, 2.24) is 29.6 Å². The van der Waals surface area contributed by atoms with Crippen molar-refractivity contribution in [2.24, 2.45) is 0 Å². The highest BCUT2D eigenvalue weighted by Crippen LogP contribution is 2.21. The quantitative estimate of drug-likeness (QED) is 0.575. The SMILES string of the molecule is CCNC(=O)n1ccc2c3[nH]n(-c4ccc(Cl)cn4)c(=O)c3cnc21. The summed E-state index contributed by atoms with van der Waals surface area (Å²) in [6.07, 6.45) is 4.55. The number of hydrogen-bond acceptors (Lipinski definition) is 4. The molecule has 0 saturated heterocycles. The number of carbonyl (C=O) groups is 1. The van der Waals surface area contributed by atoms with Crippen LogP contribution in [0.25, 0.3) is 27.8 Å². The van der Waals surface area contributed by atoms with E-state index in [-0.39, 0.29) is 11.6 Å². The first-order valence-electron chi connectivity index (χ1n) is 7.61. The summed E-state index contributed by atoms with van der Waals surface area (Å²) in [5, 5.41) is 7.33. The molecule has 0 saturated carbocycles. The second-order valence-electron chi connectivity index (χ2n) is 5.39. The van der Waals surface area contributed by atoms with E-state index in [2.05, 4.69) is 20.4 Å². The van der Waals surface area contributed by atoms with Gasteiger partial charge in [-0.05, 0) is 25.1 Å². The molecule has 2 N–H and O–H groups in total. The van der Waals surface area contributed by atoms with E-state index < -0.39 is 0 Å². The number of amides is 1. The van der Waals surface area contributed by atoms with Gasteiger partial charge in [0.25, 0.3) is 5.56 Å². The van der Waals surface area contributed by atoms with Crippen LogP contribution in [0.1, 0.15) is 6.92 Å². The molecule has 0 aliphatic heterocycles. The van der Waals surface area contributed by atoms with Gasteiger partial charge in [-0.25, -0.2) is 19.4 Å². The van der Waals surface area contributed by atoms with E-state index in [4.69, 9.17) is 11.6 Å². The highest BCUT2D eigenvalue weighted by Gasteiger charge is 2.16. The predicted octanol–water partition coefficient (Wildman–Crippen LogP) is 2.29. The van der Waals surface area contributed by atoms with Crippen molar-refractivity contribution in [2.75, 3.05) is 6.54 Å². The molecule has 126 valence electrons. The molecule has 9 heteroatoms. The van der Waals surface area contributed by atoms with E-state index in [1.54, 1.807) is 24.4 Å². The van der Waals surface area contributed by atoms with Crippen LogP contribution in [-0.2, 0) is 0 Å². The molecule has 4 aromatic rings. The summed E-state index contributed by atoms with van der Waals surface area (Å²) in [4.78, 5) is 33.2. The molecule has 8 nitrogen and oxygen atoms in total. The first-order valence-corrected chi connectivity index (χ1v) is 7.99. The van der Waals surface area contributed by atoms with E-state index in [1.807, 2.05) is 6.92 Å². The van der Waals surface area contributed by atoms with Crippen LogP contribution in [0.15, 0.2) is 41.6 Å². The van der Waals surface area contributed by atoms with Crippen LogP contribution in [0, 0.1) is 0 Å². The van der Waals surface area contributed by atoms with Crippen molar-refractivity contribution in [3.63, 3.8) is 0 Å². The van der Waals surface area contributed by atoms with Crippen molar-refractivity contribution in [3.05, 3.63) is 52.2 Å². The van der Waals surface area contributed by atoms with E-state index >= 15 is 0 Å². The molecular formula is C16H13ClN6O2. The molecule has 25 heavy (non-hydrogen) atoms. The number of nitrogens with one attached hydrogen (secondary N) is 2. The fraction of sp³-hybridized carbons (Fsp3) is 0.125. The van der Waals surface area contributed by atoms with Gasteiger partial charge in [0.05, 0.1) is 15.9 Å². The number of nitrogens with zero attached hydrogens (tertiary/aromatic N) is 4. The lowest BCUT2D eigenvalue weighted by Gasteiger charge is -2.03. The van der Waals surface area contributed by atoms with Gasteiger partial charge >= 0.3 is 6.03 Å². The molecule has 0 fully saturated rings. The Morgan fingerprint density at radius 1 is 1.24 bits per heavy atom. The number of rotatable bonds is 2. The number of aromatic nitrogens is 5. The lowest BCUT2D eigenvalue weighted by Crippen LogP contribution is -2.27. The van der Waals surface area contributed by atoms with Gasteiger partial charge < -0.3 is 5.32 Å². The van der Waals surface area contributed by atoms with E-state index in [9.17, 15) is 9.59 Å². The maximum atomic E-state index is 12.6. The Morgan fingerprint density at radius 2 is 2.08 bits per heavy atom. The van der Waals surface area contributed by atoms with Crippen LogP contribution in [0.3, 0.4) is 0 Å². The molecule has 1 amide bonds. The lowest BCUT2D eigenvalue weighted by atomic mass is 10.2. The maximum absolute atomic E-state index is 12.6. The minimum Gasteiger partial charge on any atom is -0.338 e. The standard InChI is InChI=1S/C16H13ClN6O2/c1-2-18-16(25)22-6-5-10-13-11(8-20-14(10)22)15(24)23(21-13)12-4-3-9(17)7-19-12/h3-8,21H,2H2,1H3,(H,18,25). The van der Waals surface area contributed by atoms with Crippen molar-refractivity contribution >= 4 is 39.6 Å². The molecule has 0 aliphatic carbocycles. The summed E-state index contributed by atoms with van der Waals surface area (Å²) in [6, 6.07) is 4.77. The summed E-state index contributed by atoms with van der Waals surface area (Å²) in [5.74, 6) is 0.418. The predicted molar refractivity (Wildman–Crippen MR) is 94.5 cm³/mol. The number of fused-ring (bicyclic) bond motifs is 3. The van der Waals surface area contributed by atoms with Gasteiger partial charge in [0, 0.05) is 30.5 Å². The highest BCUT2D eigenvalue weighted by atomic mass is 35.5. The van der Waals surface area contributed by atoms with Crippen molar-refractivity contribution in [1.29, 1.82) is 0 Å². The van der Waals surface area contributed by atoms with Gasteiger partial charge in [0.15, 0.2) is 5.82 Å². The molecule has 0 aliphatic rings. The highest BCUT2D eigenvalue weighted by molar-refractivity contribution is 6.30. The average Bonchev–Trinajstić information content (AvgIpc) is 3.17. The van der Waals surface area contributed by atoms with Gasteiger partial charge in [0.2, 0.25) is 0 Å². The monoisotopic (exact) mass is 356 g/mol. The third-order valence-corrected chi connectivity index (χ3v) is 4.08. The number of aromatic amines is 1. The van der Waals surface area contributed by atoms with Crippen LogP contribution in [0.2, 0.25) is 5.02 Å². The van der Waals surface area contributed by atoms with Crippen LogP contribution in [-0.4, -0.2) is 36.9 Å². The van der Waals surface area contributed by atoms with Crippen LogP contribution < -0.4 is 10.9 Å². The zero-order valence-electron chi connectivity index (χ0n) is 13.2. The van der Waals surface area contributed by atoms with Crippen molar-refractivity contribution in [2.45, 2.75) is 6.92 Å². The molecule has 0 atom stereocenters. The Hall–Kier alpha value is -3.13. The van der Waals surface area contributed by atoms with E-state index in [1.165, 1.54) is 21.6 Å². The zero-order chi connectivity index (χ0) is 17.6. The number of hydrogen-bond donors (Lipinski definition) is 2. The smallest absolute Gasteiger partial charge is 0.327 e.